The maximum Gasteiger partial charge on any atom is 0.324 e. The summed E-state index contributed by atoms with van der Waals surface area (Å²) in [6, 6.07) is 6.12. The van der Waals surface area contributed by atoms with Gasteiger partial charge >= 0.3 is 6.03 Å². The Morgan fingerprint density at radius 1 is 1.02 bits per heavy atom. The van der Waals surface area contributed by atoms with Crippen molar-refractivity contribution in [3.05, 3.63) is 44.8 Å². The number of piperazine rings is 2. The van der Waals surface area contributed by atoms with Gasteiger partial charge in [-0.2, -0.15) is 0 Å². The number of urea groups is 1. The van der Waals surface area contributed by atoms with Crippen molar-refractivity contribution >= 4 is 69.0 Å². The lowest BCUT2D eigenvalue weighted by Gasteiger charge is -2.47. The van der Waals surface area contributed by atoms with Gasteiger partial charge in [-0.3, -0.25) is 19.7 Å². The number of nitrogens with zero attached hydrogens (tertiary/aromatic N) is 4. The summed E-state index contributed by atoms with van der Waals surface area (Å²) in [4.78, 5) is 62.1. The summed E-state index contributed by atoms with van der Waals surface area (Å²) in [5.74, 6) is -0.693. The van der Waals surface area contributed by atoms with Crippen LogP contribution in [0.15, 0.2) is 24.3 Å². The lowest BCUT2D eigenvalue weighted by Crippen LogP contribution is -2.66. The van der Waals surface area contributed by atoms with Crippen LogP contribution in [0.2, 0.25) is 10.0 Å². The van der Waals surface area contributed by atoms with E-state index in [-0.39, 0.29) is 47.8 Å². The Kier molecular flexibility index (Phi) is 10.0. The predicted molar refractivity (Wildman–Crippen MR) is 173 cm³/mol. The molecular weight excluding hydrogens is 611 g/mol. The highest BCUT2D eigenvalue weighted by atomic mass is 35.5. The highest BCUT2D eigenvalue weighted by molar-refractivity contribution is 7.16. The lowest BCUT2D eigenvalue weighted by molar-refractivity contribution is -0.152. The molecule has 2 aliphatic heterocycles. The van der Waals surface area contributed by atoms with Gasteiger partial charge in [-0.05, 0) is 44.0 Å². The van der Waals surface area contributed by atoms with Crippen molar-refractivity contribution in [1.29, 1.82) is 0 Å². The second-order valence-electron chi connectivity index (χ2n) is 12.3. The minimum atomic E-state index is -1.16. The molecule has 2 saturated heterocycles. The first-order valence-electron chi connectivity index (χ1n) is 14.4. The molecule has 0 saturated carbocycles. The first-order valence-corrected chi connectivity index (χ1v) is 16.0. The Morgan fingerprint density at radius 3 is 2.33 bits per heavy atom. The number of nitrogens with one attached hydrogen (secondary N) is 2. The average Bonchev–Trinajstić information content (AvgIpc) is 3.38. The van der Waals surface area contributed by atoms with Crippen molar-refractivity contribution in [2.45, 2.75) is 52.0 Å². The third kappa shape index (κ3) is 7.11. The maximum atomic E-state index is 14.2. The van der Waals surface area contributed by atoms with E-state index in [1.165, 1.54) is 11.3 Å². The van der Waals surface area contributed by atoms with Crippen molar-refractivity contribution in [3.63, 3.8) is 0 Å². The number of thiophene rings is 1. The van der Waals surface area contributed by atoms with Gasteiger partial charge < -0.3 is 24.9 Å². The molecule has 2 N–H and O–H groups in total. The molecule has 0 spiro atoms. The molecule has 0 bridgehead atoms. The summed E-state index contributed by atoms with van der Waals surface area (Å²) >= 11 is 13.7. The standard InChI is InChI=1S/C30H40Cl2N6O4S/c1-7-30(5)27(41)37(18-23(39)36-13-11-35(6)12-14-36)15-16-38(30)26(40)19-17-22(29(2,3)4)43-25(19)34-28(42)33-21-10-8-9-20(31)24(21)32/h8-10,17H,7,11-16,18H2,1-6H3,(H2,33,34,42). The first kappa shape index (κ1) is 33.0. The van der Waals surface area contributed by atoms with Crippen molar-refractivity contribution in [2.75, 3.05) is 63.5 Å². The van der Waals surface area contributed by atoms with Gasteiger partial charge in [0.05, 0.1) is 27.8 Å². The van der Waals surface area contributed by atoms with E-state index in [9.17, 15) is 19.2 Å². The highest BCUT2D eigenvalue weighted by Gasteiger charge is 2.48. The number of anilines is 2. The van der Waals surface area contributed by atoms with Crippen LogP contribution in [-0.2, 0) is 15.0 Å². The molecule has 1 aromatic carbocycles. The van der Waals surface area contributed by atoms with Gasteiger partial charge in [0, 0.05) is 44.1 Å². The molecular formula is C30H40Cl2N6O4S. The van der Waals surface area contributed by atoms with Crippen LogP contribution in [0.4, 0.5) is 15.5 Å². The zero-order chi connectivity index (χ0) is 31.7. The number of rotatable bonds is 6. The Hall–Kier alpha value is -2.86. The van der Waals surface area contributed by atoms with E-state index in [4.69, 9.17) is 23.2 Å². The summed E-state index contributed by atoms with van der Waals surface area (Å²) in [6.07, 6.45) is 0.365. The molecule has 10 nitrogen and oxygen atoms in total. The van der Waals surface area contributed by atoms with Crippen LogP contribution >= 0.6 is 34.5 Å². The lowest BCUT2D eigenvalue weighted by atomic mass is 9.90. The zero-order valence-corrected chi connectivity index (χ0v) is 27.9. The number of halogens is 2. The number of likely N-dealkylation sites (N-methyl/N-ethyl adjacent to an activating group) is 1. The molecule has 43 heavy (non-hydrogen) atoms. The molecule has 3 heterocycles. The van der Waals surface area contributed by atoms with Gasteiger partial charge in [0.1, 0.15) is 10.5 Å². The number of carbonyl (C=O) groups is 4. The number of carbonyl (C=O) groups excluding carboxylic acids is 4. The molecule has 13 heteroatoms. The molecule has 2 fully saturated rings. The number of hydrogen-bond acceptors (Lipinski definition) is 6. The minimum absolute atomic E-state index is 0.00810. The monoisotopic (exact) mass is 650 g/mol. The smallest absolute Gasteiger partial charge is 0.324 e. The summed E-state index contributed by atoms with van der Waals surface area (Å²) < 4.78 is 0. The third-order valence-electron chi connectivity index (χ3n) is 8.18. The summed E-state index contributed by atoms with van der Waals surface area (Å²) in [6.45, 7) is 13.0. The number of benzene rings is 1. The summed E-state index contributed by atoms with van der Waals surface area (Å²) in [5.41, 5.74) is -0.816. The molecule has 5 amide bonds. The molecule has 2 aromatic rings. The fourth-order valence-electron chi connectivity index (χ4n) is 5.18. The van der Waals surface area contributed by atoms with E-state index in [1.54, 1.807) is 45.9 Å². The molecule has 234 valence electrons. The molecule has 1 aromatic heterocycles. The van der Waals surface area contributed by atoms with E-state index in [1.807, 2.05) is 34.7 Å². The van der Waals surface area contributed by atoms with E-state index < -0.39 is 11.6 Å². The average molecular weight is 652 g/mol. The molecule has 0 radical (unpaired) electrons. The van der Waals surface area contributed by atoms with Gasteiger partial charge in [0.25, 0.3) is 5.91 Å². The van der Waals surface area contributed by atoms with Crippen molar-refractivity contribution in [2.24, 2.45) is 0 Å². The second-order valence-corrected chi connectivity index (χ2v) is 14.1. The van der Waals surface area contributed by atoms with Gasteiger partial charge in [-0.1, -0.05) is 57.0 Å². The molecule has 0 aliphatic carbocycles. The zero-order valence-electron chi connectivity index (χ0n) is 25.6. The van der Waals surface area contributed by atoms with Gasteiger partial charge in [-0.15, -0.1) is 11.3 Å². The van der Waals surface area contributed by atoms with Crippen molar-refractivity contribution in [3.8, 4) is 0 Å². The Balaban J connectivity index is 1.55. The maximum absolute atomic E-state index is 14.2. The van der Waals surface area contributed by atoms with Gasteiger partial charge in [0.2, 0.25) is 11.8 Å². The topological polar surface area (TPSA) is 105 Å². The molecule has 1 unspecified atom stereocenters. The Labute approximate surface area is 267 Å². The van der Waals surface area contributed by atoms with Crippen molar-refractivity contribution in [1.82, 2.24) is 19.6 Å². The quantitative estimate of drug-likeness (QED) is 0.446. The van der Waals surface area contributed by atoms with E-state index >= 15 is 0 Å². The Morgan fingerprint density at radius 2 is 1.70 bits per heavy atom. The van der Waals surface area contributed by atoms with Crippen LogP contribution < -0.4 is 10.6 Å². The van der Waals surface area contributed by atoms with Crippen LogP contribution in [0.1, 0.15) is 56.3 Å². The fraction of sp³-hybridized carbons (Fsp3) is 0.533. The fourth-order valence-corrected chi connectivity index (χ4v) is 6.63. The molecule has 2 aliphatic rings. The Bertz CT molecular complexity index is 1400. The largest absolute Gasteiger partial charge is 0.339 e. The number of amides is 5. The molecule has 1 atom stereocenters. The van der Waals surface area contributed by atoms with E-state index in [0.29, 0.717) is 40.8 Å². The van der Waals surface area contributed by atoms with Crippen molar-refractivity contribution < 1.29 is 19.2 Å². The first-order chi connectivity index (χ1) is 20.1. The highest BCUT2D eigenvalue weighted by Crippen LogP contribution is 2.39. The van der Waals surface area contributed by atoms with E-state index in [2.05, 4.69) is 15.5 Å². The van der Waals surface area contributed by atoms with Gasteiger partial charge in [0.15, 0.2) is 0 Å². The van der Waals surface area contributed by atoms with Crippen LogP contribution in [0.25, 0.3) is 0 Å². The predicted octanol–water partition coefficient (Wildman–Crippen LogP) is 5.22. The van der Waals surface area contributed by atoms with Crippen LogP contribution in [0.5, 0.6) is 0 Å². The normalized spacial score (nSPS) is 19.9. The van der Waals surface area contributed by atoms with Crippen LogP contribution in [0.3, 0.4) is 0 Å². The summed E-state index contributed by atoms with van der Waals surface area (Å²) in [7, 11) is 2.02. The molecule has 4 rings (SSSR count). The number of hydrogen-bond donors (Lipinski definition) is 2. The van der Waals surface area contributed by atoms with E-state index in [0.717, 1.165) is 18.0 Å². The third-order valence-corrected chi connectivity index (χ3v) is 10.5. The van der Waals surface area contributed by atoms with Crippen LogP contribution in [0, 0.1) is 0 Å². The second kappa shape index (κ2) is 13.0. The minimum Gasteiger partial charge on any atom is -0.339 e. The van der Waals surface area contributed by atoms with Crippen LogP contribution in [-0.4, -0.2) is 102 Å². The summed E-state index contributed by atoms with van der Waals surface area (Å²) in [5, 5.41) is 6.39. The van der Waals surface area contributed by atoms with Gasteiger partial charge in [-0.25, -0.2) is 4.79 Å². The SMILES string of the molecule is CCC1(C)C(=O)N(CC(=O)N2CCN(C)CC2)CCN1C(=O)c1cc(C(C)(C)C)sc1NC(=O)Nc1cccc(Cl)c1Cl.